The summed E-state index contributed by atoms with van der Waals surface area (Å²) in [6.45, 7) is 8.37. The van der Waals surface area contributed by atoms with Crippen LogP contribution in [0.4, 0.5) is 0 Å². The Hall–Kier alpha value is -1.35. The second kappa shape index (κ2) is 4.49. The lowest BCUT2D eigenvalue weighted by Crippen LogP contribution is -1.96. The Morgan fingerprint density at radius 2 is 1.82 bits per heavy atom. The third kappa shape index (κ3) is 2.07. The van der Waals surface area contributed by atoms with Crippen LogP contribution in [-0.2, 0) is 0 Å². The lowest BCUT2D eigenvalue weighted by atomic mass is 9.98. The molecule has 1 aromatic carbocycles. The Balaban J connectivity index is 2.66. The monoisotopic (exact) mass is 247 g/mol. The molecular weight excluding hydrogens is 230 g/mol. The molecule has 0 spiro atoms. The van der Waals surface area contributed by atoms with Gasteiger partial charge in [0, 0.05) is 16.6 Å². The highest BCUT2D eigenvalue weighted by molar-refractivity contribution is 7.13. The summed E-state index contributed by atoms with van der Waals surface area (Å²) in [6.07, 6.45) is 0. The minimum atomic E-state index is 0.956. The Kier molecular flexibility index (Phi) is 3.20. The van der Waals surface area contributed by atoms with Gasteiger partial charge in [-0.05, 0) is 50.5 Å². The highest BCUT2D eigenvalue weighted by Gasteiger charge is 2.14. The molecule has 2 aromatic rings. The van der Waals surface area contributed by atoms with Crippen molar-refractivity contribution in [3.05, 3.63) is 33.8 Å². The van der Waals surface area contributed by atoms with Crippen LogP contribution >= 0.6 is 11.3 Å². The molecule has 0 aliphatic carbocycles. The topological polar surface area (TPSA) is 22.1 Å². The summed E-state index contributed by atoms with van der Waals surface area (Å²) in [5.74, 6) is 0.956. The molecule has 0 atom stereocenters. The molecule has 17 heavy (non-hydrogen) atoms. The van der Waals surface area contributed by atoms with Crippen molar-refractivity contribution in [2.75, 3.05) is 7.11 Å². The smallest absolute Gasteiger partial charge is 0.124 e. The third-order valence-corrected chi connectivity index (χ3v) is 4.08. The van der Waals surface area contributed by atoms with Crippen LogP contribution in [-0.4, -0.2) is 12.1 Å². The molecule has 0 bridgehead atoms. The predicted octanol–water partition coefficient (Wildman–Crippen LogP) is 4.05. The number of nitrogens with zero attached hydrogens (tertiary/aromatic N) is 1. The SMILES string of the molecule is COc1cc(C)c(-c2nc(C)cs2)c(C)c1C. The maximum absolute atomic E-state index is 5.39. The number of hydrogen-bond acceptors (Lipinski definition) is 3. The molecule has 90 valence electrons. The maximum atomic E-state index is 5.39. The Bertz CT molecular complexity index is 558. The Morgan fingerprint density at radius 3 is 2.35 bits per heavy atom. The van der Waals surface area contributed by atoms with Crippen molar-refractivity contribution in [1.82, 2.24) is 4.98 Å². The van der Waals surface area contributed by atoms with E-state index in [1.807, 2.05) is 6.92 Å². The normalized spacial score (nSPS) is 10.6. The van der Waals surface area contributed by atoms with Crippen molar-refractivity contribution < 1.29 is 4.74 Å². The predicted molar refractivity (Wildman–Crippen MR) is 73.1 cm³/mol. The highest BCUT2D eigenvalue weighted by Crippen LogP contribution is 2.35. The average Bonchev–Trinajstić information content (AvgIpc) is 2.70. The molecule has 0 unspecified atom stereocenters. The number of ether oxygens (including phenoxy) is 1. The van der Waals surface area contributed by atoms with Crippen molar-refractivity contribution in [3.8, 4) is 16.3 Å². The molecule has 0 saturated heterocycles. The summed E-state index contributed by atoms with van der Waals surface area (Å²) in [4.78, 5) is 4.58. The molecule has 3 heteroatoms. The molecule has 0 aliphatic rings. The molecule has 0 N–H and O–H groups in total. The second-order valence-corrected chi connectivity index (χ2v) is 5.17. The fourth-order valence-corrected chi connectivity index (χ4v) is 3.02. The van der Waals surface area contributed by atoms with Gasteiger partial charge < -0.3 is 4.74 Å². The molecule has 0 radical (unpaired) electrons. The maximum Gasteiger partial charge on any atom is 0.124 e. The van der Waals surface area contributed by atoms with Crippen molar-refractivity contribution in [1.29, 1.82) is 0 Å². The van der Waals surface area contributed by atoms with Crippen LogP contribution in [0.3, 0.4) is 0 Å². The van der Waals surface area contributed by atoms with Crippen LogP contribution in [0.1, 0.15) is 22.4 Å². The van der Waals surface area contributed by atoms with E-state index < -0.39 is 0 Å². The van der Waals surface area contributed by atoms with Gasteiger partial charge in [0.25, 0.3) is 0 Å². The fraction of sp³-hybridized carbons (Fsp3) is 0.357. The zero-order valence-electron chi connectivity index (χ0n) is 10.9. The van der Waals surface area contributed by atoms with E-state index in [1.54, 1.807) is 18.4 Å². The first-order chi connectivity index (χ1) is 8.04. The van der Waals surface area contributed by atoms with Crippen LogP contribution in [0.25, 0.3) is 10.6 Å². The van der Waals surface area contributed by atoms with E-state index in [2.05, 4.69) is 37.2 Å². The number of aromatic nitrogens is 1. The van der Waals surface area contributed by atoms with Crippen molar-refractivity contribution in [2.24, 2.45) is 0 Å². The summed E-state index contributed by atoms with van der Waals surface area (Å²) in [5, 5.41) is 3.19. The van der Waals surface area contributed by atoms with Gasteiger partial charge in [0.15, 0.2) is 0 Å². The minimum absolute atomic E-state index is 0.956. The van der Waals surface area contributed by atoms with E-state index in [9.17, 15) is 0 Å². The Morgan fingerprint density at radius 1 is 1.12 bits per heavy atom. The van der Waals surface area contributed by atoms with Crippen molar-refractivity contribution >= 4 is 11.3 Å². The zero-order valence-corrected chi connectivity index (χ0v) is 11.7. The van der Waals surface area contributed by atoms with Crippen LogP contribution in [0.2, 0.25) is 0 Å². The van der Waals surface area contributed by atoms with E-state index in [4.69, 9.17) is 4.74 Å². The van der Waals surface area contributed by atoms with Crippen molar-refractivity contribution in [3.63, 3.8) is 0 Å². The molecule has 0 aliphatic heterocycles. The third-order valence-electron chi connectivity index (χ3n) is 3.10. The van der Waals surface area contributed by atoms with Gasteiger partial charge in [0.05, 0.1) is 7.11 Å². The van der Waals surface area contributed by atoms with Crippen LogP contribution in [0.5, 0.6) is 5.75 Å². The number of benzene rings is 1. The van der Waals surface area contributed by atoms with Crippen molar-refractivity contribution in [2.45, 2.75) is 27.7 Å². The zero-order chi connectivity index (χ0) is 12.6. The number of thiazole rings is 1. The van der Waals surface area contributed by atoms with E-state index in [-0.39, 0.29) is 0 Å². The molecule has 2 rings (SSSR count). The first kappa shape index (κ1) is 12.1. The molecule has 1 aromatic heterocycles. The van der Waals surface area contributed by atoms with E-state index in [1.165, 1.54) is 22.3 Å². The number of aryl methyl sites for hydroxylation is 2. The molecular formula is C14H17NOS. The van der Waals surface area contributed by atoms with Gasteiger partial charge in [-0.2, -0.15) is 0 Å². The highest BCUT2D eigenvalue weighted by atomic mass is 32.1. The summed E-state index contributed by atoms with van der Waals surface area (Å²) >= 11 is 1.70. The van der Waals surface area contributed by atoms with Gasteiger partial charge in [-0.15, -0.1) is 11.3 Å². The van der Waals surface area contributed by atoms with E-state index >= 15 is 0 Å². The number of rotatable bonds is 2. The summed E-state index contributed by atoms with van der Waals surface area (Å²) in [5.41, 5.74) is 6.01. The minimum Gasteiger partial charge on any atom is -0.496 e. The summed E-state index contributed by atoms with van der Waals surface area (Å²) in [7, 11) is 1.72. The van der Waals surface area contributed by atoms with Crippen LogP contribution in [0.15, 0.2) is 11.4 Å². The Labute approximate surface area is 106 Å². The lowest BCUT2D eigenvalue weighted by molar-refractivity contribution is 0.411. The molecule has 0 saturated carbocycles. The number of hydrogen-bond donors (Lipinski definition) is 0. The summed E-state index contributed by atoms with van der Waals surface area (Å²) < 4.78 is 5.39. The standard InChI is InChI=1S/C14H17NOS/c1-8-6-12(16-5)10(3)11(4)13(8)14-15-9(2)7-17-14/h6-7H,1-5H3. The molecule has 0 amide bonds. The summed E-state index contributed by atoms with van der Waals surface area (Å²) in [6, 6.07) is 2.09. The van der Waals surface area contributed by atoms with E-state index in [0.717, 1.165) is 16.5 Å². The van der Waals surface area contributed by atoms with Gasteiger partial charge in [-0.1, -0.05) is 0 Å². The van der Waals surface area contributed by atoms with Gasteiger partial charge in [0.2, 0.25) is 0 Å². The second-order valence-electron chi connectivity index (χ2n) is 4.31. The largest absolute Gasteiger partial charge is 0.496 e. The average molecular weight is 247 g/mol. The van der Waals surface area contributed by atoms with Gasteiger partial charge in [0.1, 0.15) is 10.8 Å². The van der Waals surface area contributed by atoms with Gasteiger partial charge in [-0.25, -0.2) is 4.98 Å². The lowest BCUT2D eigenvalue weighted by Gasteiger charge is -2.14. The quantitative estimate of drug-likeness (QED) is 0.798. The number of methoxy groups -OCH3 is 1. The molecule has 0 fully saturated rings. The first-order valence-electron chi connectivity index (χ1n) is 5.62. The van der Waals surface area contributed by atoms with Gasteiger partial charge in [-0.3, -0.25) is 0 Å². The fourth-order valence-electron chi connectivity index (χ4n) is 2.06. The van der Waals surface area contributed by atoms with Crippen LogP contribution < -0.4 is 4.74 Å². The molecule has 1 heterocycles. The van der Waals surface area contributed by atoms with Crippen LogP contribution in [0, 0.1) is 27.7 Å². The first-order valence-corrected chi connectivity index (χ1v) is 6.50. The van der Waals surface area contributed by atoms with Gasteiger partial charge >= 0.3 is 0 Å². The molecule has 2 nitrogen and oxygen atoms in total. The van der Waals surface area contributed by atoms with E-state index in [0.29, 0.717) is 0 Å².